The SMILES string of the molecule is CCCCCCC(=O)OCCCC.COCCCOCCCOC. The first-order chi connectivity index (χ1) is 11.7. The average Bonchev–Trinajstić information content (AvgIpc) is 2.59. The molecule has 0 saturated carbocycles. The Morgan fingerprint density at radius 3 is 1.75 bits per heavy atom. The third-order valence-electron chi connectivity index (χ3n) is 3.27. The summed E-state index contributed by atoms with van der Waals surface area (Å²) in [5, 5.41) is 0. The summed E-state index contributed by atoms with van der Waals surface area (Å²) in [7, 11) is 3.40. The Balaban J connectivity index is 0. The predicted octanol–water partition coefficient (Wildman–Crippen LogP) is 4.38. The zero-order valence-corrected chi connectivity index (χ0v) is 16.4. The van der Waals surface area contributed by atoms with Gasteiger partial charge >= 0.3 is 5.97 Å². The number of methoxy groups -OCH3 is 2. The van der Waals surface area contributed by atoms with Crippen LogP contribution in [-0.4, -0.2) is 53.2 Å². The van der Waals surface area contributed by atoms with Gasteiger partial charge in [0.1, 0.15) is 0 Å². The second-order valence-electron chi connectivity index (χ2n) is 5.69. The van der Waals surface area contributed by atoms with Crippen molar-refractivity contribution in [3.8, 4) is 0 Å². The number of carbonyl (C=O) groups is 1. The van der Waals surface area contributed by atoms with Crippen LogP contribution in [0.1, 0.15) is 71.6 Å². The van der Waals surface area contributed by atoms with E-state index < -0.39 is 0 Å². The van der Waals surface area contributed by atoms with Crippen LogP contribution in [0.4, 0.5) is 0 Å². The zero-order valence-electron chi connectivity index (χ0n) is 16.4. The van der Waals surface area contributed by atoms with Crippen molar-refractivity contribution >= 4 is 5.97 Å². The van der Waals surface area contributed by atoms with Crippen molar-refractivity contribution in [3.05, 3.63) is 0 Å². The van der Waals surface area contributed by atoms with Crippen LogP contribution in [0.2, 0.25) is 0 Å². The molecule has 5 nitrogen and oxygen atoms in total. The fraction of sp³-hybridized carbons (Fsp3) is 0.947. The van der Waals surface area contributed by atoms with Crippen LogP contribution in [0.15, 0.2) is 0 Å². The van der Waals surface area contributed by atoms with Gasteiger partial charge in [0.15, 0.2) is 0 Å². The number of ether oxygens (including phenoxy) is 4. The van der Waals surface area contributed by atoms with E-state index >= 15 is 0 Å². The van der Waals surface area contributed by atoms with E-state index in [2.05, 4.69) is 13.8 Å². The van der Waals surface area contributed by atoms with Crippen LogP contribution in [0, 0.1) is 0 Å². The summed E-state index contributed by atoms with van der Waals surface area (Å²) in [5.74, 6) is -0.0236. The van der Waals surface area contributed by atoms with Gasteiger partial charge in [-0.2, -0.15) is 0 Å². The van der Waals surface area contributed by atoms with Crippen molar-refractivity contribution < 1.29 is 23.7 Å². The van der Waals surface area contributed by atoms with Crippen molar-refractivity contribution in [1.82, 2.24) is 0 Å². The highest BCUT2D eigenvalue weighted by Gasteiger charge is 2.00. The number of unbranched alkanes of at least 4 members (excludes halogenated alkanes) is 4. The predicted molar refractivity (Wildman–Crippen MR) is 98.4 cm³/mol. The van der Waals surface area contributed by atoms with E-state index in [0.29, 0.717) is 13.0 Å². The molecule has 0 radical (unpaired) electrons. The molecule has 146 valence electrons. The molecule has 0 saturated heterocycles. The number of hydrogen-bond acceptors (Lipinski definition) is 5. The molecule has 24 heavy (non-hydrogen) atoms. The molecule has 0 aliphatic heterocycles. The quantitative estimate of drug-likeness (QED) is 0.306. The van der Waals surface area contributed by atoms with Gasteiger partial charge in [0.05, 0.1) is 6.61 Å². The van der Waals surface area contributed by atoms with Gasteiger partial charge in [0.25, 0.3) is 0 Å². The maximum atomic E-state index is 11.1. The minimum Gasteiger partial charge on any atom is -0.466 e. The molecular weight excluding hydrogens is 308 g/mol. The van der Waals surface area contributed by atoms with Gasteiger partial charge in [0, 0.05) is 47.1 Å². The van der Waals surface area contributed by atoms with E-state index in [1.165, 1.54) is 12.8 Å². The maximum Gasteiger partial charge on any atom is 0.305 e. The van der Waals surface area contributed by atoms with E-state index in [1.807, 2.05) is 0 Å². The van der Waals surface area contributed by atoms with E-state index in [1.54, 1.807) is 14.2 Å². The molecule has 5 heteroatoms. The Morgan fingerprint density at radius 2 is 1.25 bits per heavy atom. The summed E-state index contributed by atoms with van der Waals surface area (Å²) in [6.07, 6.45) is 9.20. The minimum atomic E-state index is -0.0236. The van der Waals surface area contributed by atoms with Crippen molar-refractivity contribution in [2.75, 3.05) is 47.3 Å². The number of carbonyl (C=O) groups excluding carboxylic acids is 1. The highest BCUT2D eigenvalue weighted by molar-refractivity contribution is 5.69. The van der Waals surface area contributed by atoms with E-state index in [0.717, 1.165) is 65.0 Å². The van der Waals surface area contributed by atoms with Gasteiger partial charge in [-0.25, -0.2) is 0 Å². The molecule has 0 fully saturated rings. The van der Waals surface area contributed by atoms with E-state index in [9.17, 15) is 4.79 Å². The van der Waals surface area contributed by atoms with Gasteiger partial charge in [0.2, 0.25) is 0 Å². The van der Waals surface area contributed by atoms with E-state index in [4.69, 9.17) is 18.9 Å². The first-order valence-electron chi connectivity index (χ1n) is 9.44. The lowest BCUT2D eigenvalue weighted by Gasteiger charge is -2.02. The lowest BCUT2D eigenvalue weighted by Crippen LogP contribution is -2.05. The maximum absolute atomic E-state index is 11.1. The summed E-state index contributed by atoms with van der Waals surface area (Å²) < 4.78 is 20.0. The van der Waals surface area contributed by atoms with Crippen LogP contribution >= 0.6 is 0 Å². The lowest BCUT2D eigenvalue weighted by molar-refractivity contribution is -0.143. The second-order valence-corrected chi connectivity index (χ2v) is 5.69. The van der Waals surface area contributed by atoms with E-state index in [-0.39, 0.29) is 5.97 Å². The van der Waals surface area contributed by atoms with Crippen molar-refractivity contribution in [3.63, 3.8) is 0 Å². The van der Waals surface area contributed by atoms with Gasteiger partial charge in [-0.1, -0.05) is 39.5 Å². The Kier molecular flexibility index (Phi) is 26.2. The summed E-state index contributed by atoms with van der Waals surface area (Å²) in [6.45, 7) is 8.00. The Hall–Kier alpha value is -0.650. The van der Waals surface area contributed by atoms with Crippen LogP contribution in [0.3, 0.4) is 0 Å². The largest absolute Gasteiger partial charge is 0.466 e. The highest BCUT2D eigenvalue weighted by atomic mass is 16.5. The van der Waals surface area contributed by atoms with Crippen molar-refractivity contribution in [2.45, 2.75) is 71.6 Å². The standard InChI is InChI=1S/C11H22O2.C8H18O3/c1-3-5-7-8-9-11(12)13-10-6-4-2;1-9-5-3-7-11-8-4-6-10-2/h3-10H2,1-2H3;3-8H2,1-2H3. The molecule has 0 spiro atoms. The topological polar surface area (TPSA) is 54.0 Å². The average molecular weight is 349 g/mol. The molecule has 0 aliphatic carbocycles. The molecule has 0 amide bonds. The molecule has 0 bridgehead atoms. The summed E-state index contributed by atoms with van der Waals surface area (Å²) >= 11 is 0. The molecule has 0 unspecified atom stereocenters. The molecule has 0 heterocycles. The summed E-state index contributed by atoms with van der Waals surface area (Å²) in [5.41, 5.74) is 0. The Morgan fingerprint density at radius 1 is 0.667 bits per heavy atom. The van der Waals surface area contributed by atoms with Crippen LogP contribution in [-0.2, 0) is 23.7 Å². The molecule has 0 atom stereocenters. The minimum absolute atomic E-state index is 0.0236. The third-order valence-corrected chi connectivity index (χ3v) is 3.27. The summed E-state index contributed by atoms with van der Waals surface area (Å²) in [4.78, 5) is 11.1. The smallest absolute Gasteiger partial charge is 0.305 e. The normalized spacial score (nSPS) is 10.2. The third kappa shape index (κ3) is 26.3. The first-order valence-corrected chi connectivity index (χ1v) is 9.44. The molecule has 0 N–H and O–H groups in total. The van der Waals surface area contributed by atoms with Crippen molar-refractivity contribution in [2.24, 2.45) is 0 Å². The van der Waals surface area contributed by atoms with Crippen molar-refractivity contribution in [1.29, 1.82) is 0 Å². The lowest BCUT2D eigenvalue weighted by atomic mass is 10.2. The number of esters is 1. The molecule has 0 aromatic carbocycles. The van der Waals surface area contributed by atoms with Gasteiger partial charge < -0.3 is 18.9 Å². The van der Waals surface area contributed by atoms with Gasteiger partial charge in [-0.05, 0) is 25.7 Å². The molecule has 0 rings (SSSR count). The fourth-order valence-corrected chi connectivity index (χ4v) is 1.81. The van der Waals surface area contributed by atoms with Crippen LogP contribution in [0.5, 0.6) is 0 Å². The van der Waals surface area contributed by atoms with Crippen LogP contribution in [0.25, 0.3) is 0 Å². The molecule has 0 aliphatic rings. The summed E-state index contributed by atoms with van der Waals surface area (Å²) in [6, 6.07) is 0. The van der Waals surface area contributed by atoms with Crippen LogP contribution < -0.4 is 0 Å². The molecule has 0 aromatic rings. The second kappa shape index (κ2) is 24.6. The monoisotopic (exact) mass is 348 g/mol. The molecule has 0 aromatic heterocycles. The number of rotatable bonds is 16. The molecular formula is C19H40O5. The Bertz CT molecular complexity index is 226. The Labute approximate surface area is 149 Å². The fourth-order valence-electron chi connectivity index (χ4n) is 1.81. The zero-order chi connectivity index (χ0) is 18.3. The number of hydrogen-bond donors (Lipinski definition) is 0. The van der Waals surface area contributed by atoms with Gasteiger partial charge in [-0.3, -0.25) is 4.79 Å². The first kappa shape index (κ1) is 25.6. The highest BCUT2D eigenvalue weighted by Crippen LogP contribution is 2.03. The van der Waals surface area contributed by atoms with Gasteiger partial charge in [-0.15, -0.1) is 0 Å².